The first-order chi connectivity index (χ1) is 10.8. The molecule has 2 atom stereocenters. The molecule has 2 aliphatic rings. The Morgan fingerprint density at radius 3 is 2.59 bits per heavy atom. The maximum absolute atomic E-state index is 12.6. The lowest BCUT2D eigenvalue weighted by Crippen LogP contribution is -2.41. The third-order valence-corrected chi connectivity index (χ3v) is 4.56. The molecule has 114 valence electrons. The van der Waals surface area contributed by atoms with Gasteiger partial charge in [0.25, 0.3) is 0 Å². The van der Waals surface area contributed by atoms with Crippen molar-refractivity contribution in [3.63, 3.8) is 0 Å². The molecule has 4 nitrogen and oxygen atoms in total. The number of nitrogens with one attached hydrogen (secondary N) is 1. The first kappa shape index (κ1) is 13.6. The van der Waals surface area contributed by atoms with Crippen LogP contribution in [0, 0.1) is 0 Å². The van der Waals surface area contributed by atoms with Gasteiger partial charge in [-0.3, -0.25) is 10.1 Å². The molecule has 22 heavy (non-hydrogen) atoms. The Balaban J connectivity index is 1.56. The van der Waals surface area contributed by atoms with Crippen LogP contribution in [0.2, 0.25) is 0 Å². The van der Waals surface area contributed by atoms with Crippen molar-refractivity contribution in [2.45, 2.75) is 37.4 Å². The third kappa shape index (κ3) is 2.55. The third-order valence-electron chi connectivity index (χ3n) is 4.56. The summed E-state index contributed by atoms with van der Waals surface area (Å²) in [4.78, 5) is 14.6. The Kier molecular flexibility index (Phi) is 3.47. The lowest BCUT2D eigenvalue weighted by molar-refractivity contribution is -0.130. The highest BCUT2D eigenvalue weighted by molar-refractivity contribution is 5.84. The van der Waals surface area contributed by atoms with Crippen LogP contribution in [0.1, 0.15) is 36.6 Å². The predicted molar refractivity (Wildman–Crippen MR) is 83.3 cm³/mol. The van der Waals surface area contributed by atoms with Crippen LogP contribution >= 0.6 is 0 Å². The number of furan rings is 1. The van der Waals surface area contributed by atoms with Crippen LogP contribution in [0.5, 0.6) is 0 Å². The second kappa shape index (κ2) is 5.61. The summed E-state index contributed by atoms with van der Waals surface area (Å²) in [6.07, 6.45) is 4.89. The molecule has 1 N–H and O–H groups in total. The molecule has 0 spiro atoms. The van der Waals surface area contributed by atoms with Crippen molar-refractivity contribution in [1.82, 2.24) is 10.2 Å². The van der Waals surface area contributed by atoms with Crippen LogP contribution in [-0.2, 0) is 4.79 Å². The second-order valence-corrected chi connectivity index (χ2v) is 6.13. The second-order valence-electron chi connectivity index (χ2n) is 6.13. The van der Waals surface area contributed by atoms with Crippen molar-refractivity contribution in [3.05, 3.63) is 60.1 Å². The molecule has 0 radical (unpaired) electrons. The van der Waals surface area contributed by atoms with Crippen LogP contribution in [0.15, 0.2) is 53.1 Å². The Morgan fingerprint density at radius 2 is 1.91 bits per heavy atom. The number of carbonyl (C=O) groups is 1. The maximum Gasteiger partial charge on any atom is 0.240 e. The van der Waals surface area contributed by atoms with Gasteiger partial charge in [0, 0.05) is 12.6 Å². The fourth-order valence-electron chi connectivity index (χ4n) is 3.25. The van der Waals surface area contributed by atoms with Crippen molar-refractivity contribution in [2.75, 3.05) is 6.54 Å². The first-order valence-electron chi connectivity index (χ1n) is 7.98. The minimum atomic E-state index is -0.115. The van der Waals surface area contributed by atoms with Gasteiger partial charge < -0.3 is 9.32 Å². The molecule has 4 heteroatoms. The standard InChI is InChI=1S/C18H20N2O2/c21-18-15(10-11-20(18)14-8-9-14)19-17(16-7-4-12-22-16)13-5-2-1-3-6-13/h1-7,12,14-15,17,19H,8-11H2/t15-,17-/m1/s1. The van der Waals surface area contributed by atoms with E-state index in [2.05, 4.69) is 17.4 Å². The van der Waals surface area contributed by atoms with E-state index in [4.69, 9.17) is 4.42 Å². The van der Waals surface area contributed by atoms with Gasteiger partial charge in [-0.05, 0) is 37.0 Å². The minimum absolute atomic E-state index is 0.0793. The first-order valence-corrected chi connectivity index (χ1v) is 7.98. The number of amides is 1. The molecular weight excluding hydrogens is 276 g/mol. The Bertz CT molecular complexity index is 634. The number of nitrogens with zero attached hydrogens (tertiary/aromatic N) is 1. The van der Waals surface area contributed by atoms with Gasteiger partial charge in [-0.15, -0.1) is 0 Å². The lowest BCUT2D eigenvalue weighted by atomic mass is 10.0. The SMILES string of the molecule is O=C1[C@H](N[C@H](c2ccccc2)c2ccco2)CCN1C1CC1. The van der Waals surface area contributed by atoms with Crippen LogP contribution in [0.3, 0.4) is 0 Å². The van der Waals surface area contributed by atoms with E-state index in [1.165, 1.54) is 12.8 Å². The molecule has 1 amide bonds. The summed E-state index contributed by atoms with van der Waals surface area (Å²) in [6.45, 7) is 0.876. The van der Waals surface area contributed by atoms with Crippen molar-refractivity contribution in [3.8, 4) is 0 Å². The molecule has 1 aliphatic heterocycles. The summed E-state index contributed by atoms with van der Waals surface area (Å²) >= 11 is 0. The molecular formula is C18H20N2O2. The summed E-state index contributed by atoms with van der Waals surface area (Å²) in [6, 6.07) is 14.3. The number of carbonyl (C=O) groups excluding carboxylic acids is 1. The van der Waals surface area contributed by atoms with E-state index < -0.39 is 0 Å². The molecule has 1 aromatic carbocycles. The molecule has 1 saturated carbocycles. The van der Waals surface area contributed by atoms with Crippen LogP contribution < -0.4 is 5.32 Å². The Labute approximate surface area is 130 Å². The van der Waals surface area contributed by atoms with E-state index in [0.717, 1.165) is 24.3 Å². The van der Waals surface area contributed by atoms with Gasteiger partial charge in [-0.2, -0.15) is 0 Å². The fraction of sp³-hybridized carbons (Fsp3) is 0.389. The minimum Gasteiger partial charge on any atom is -0.467 e. The predicted octanol–water partition coefficient (Wildman–Crippen LogP) is 2.72. The molecule has 0 bridgehead atoms. The van der Waals surface area contributed by atoms with Crippen LogP contribution in [0.25, 0.3) is 0 Å². The van der Waals surface area contributed by atoms with E-state index in [0.29, 0.717) is 6.04 Å². The monoisotopic (exact) mass is 296 g/mol. The number of hydrogen-bond acceptors (Lipinski definition) is 3. The summed E-state index contributed by atoms with van der Waals surface area (Å²) in [7, 11) is 0. The maximum atomic E-state index is 12.6. The average Bonchev–Trinajstić information content (AvgIpc) is 3.12. The zero-order valence-electron chi connectivity index (χ0n) is 12.4. The van der Waals surface area contributed by atoms with Crippen molar-refractivity contribution >= 4 is 5.91 Å². The highest BCUT2D eigenvalue weighted by Crippen LogP contribution is 2.32. The van der Waals surface area contributed by atoms with Crippen molar-refractivity contribution in [1.29, 1.82) is 0 Å². The Morgan fingerprint density at radius 1 is 1.09 bits per heavy atom. The number of rotatable bonds is 5. The van der Waals surface area contributed by atoms with Gasteiger partial charge in [0.15, 0.2) is 0 Å². The lowest BCUT2D eigenvalue weighted by Gasteiger charge is -2.22. The quantitative estimate of drug-likeness (QED) is 0.922. The van der Waals surface area contributed by atoms with E-state index in [-0.39, 0.29) is 18.0 Å². The largest absolute Gasteiger partial charge is 0.467 e. The van der Waals surface area contributed by atoms with Crippen molar-refractivity contribution < 1.29 is 9.21 Å². The van der Waals surface area contributed by atoms with E-state index in [1.807, 2.05) is 35.2 Å². The number of hydrogen-bond donors (Lipinski definition) is 1. The molecule has 2 fully saturated rings. The van der Waals surface area contributed by atoms with Crippen LogP contribution in [0.4, 0.5) is 0 Å². The van der Waals surface area contributed by atoms with E-state index in [9.17, 15) is 4.79 Å². The van der Waals surface area contributed by atoms with Gasteiger partial charge in [-0.25, -0.2) is 0 Å². The van der Waals surface area contributed by atoms with Gasteiger partial charge in [0.05, 0.1) is 18.3 Å². The number of likely N-dealkylation sites (tertiary alicyclic amines) is 1. The fourth-order valence-corrected chi connectivity index (χ4v) is 3.25. The van der Waals surface area contributed by atoms with Crippen molar-refractivity contribution in [2.24, 2.45) is 0 Å². The molecule has 0 unspecified atom stereocenters. The topological polar surface area (TPSA) is 45.5 Å². The average molecular weight is 296 g/mol. The highest BCUT2D eigenvalue weighted by atomic mass is 16.3. The summed E-state index contributed by atoms with van der Waals surface area (Å²) in [5.74, 6) is 1.10. The van der Waals surface area contributed by atoms with Crippen LogP contribution in [-0.4, -0.2) is 29.4 Å². The molecule has 2 aromatic rings. The smallest absolute Gasteiger partial charge is 0.240 e. The normalized spacial score (nSPS) is 23.0. The molecule has 4 rings (SSSR count). The van der Waals surface area contributed by atoms with Gasteiger partial charge >= 0.3 is 0 Å². The summed E-state index contributed by atoms with van der Waals surface area (Å²) in [5.41, 5.74) is 1.12. The van der Waals surface area contributed by atoms with Gasteiger partial charge in [0.1, 0.15) is 5.76 Å². The zero-order valence-corrected chi connectivity index (χ0v) is 12.4. The summed E-state index contributed by atoms with van der Waals surface area (Å²) in [5, 5.41) is 3.51. The van der Waals surface area contributed by atoms with Gasteiger partial charge in [-0.1, -0.05) is 30.3 Å². The van der Waals surface area contributed by atoms with E-state index >= 15 is 0 Å². The molecule has 1 aromatic heterocycles. The molecule has 2 heterocycles. The van der Waals surface area contributed by atoms with Gasteiger partial charge in [0.2, 0.25) is 5.91 Å². The number of benzene rings is 1. The molecule has 1 saturated heterocycles. The summed E-state index contributed by atoms with van der Waals surface area (Å²) < 4.78 is 5.59. The highest BCUT2D eigenvalue weighted by Gasteiger charge is 2.41. The van der Waals surface area contributed by atoms with E-state index in [1.54, 1.807) is 6.26 Å². The Hall–Kier alpha value is -2.07. The molecule has 1 aliphatic carbocycles. The zero-order chi connectivity index (χ0) is 14.9.